The van der Waals surface area contributed by atoms with Gasteiger partial charge in [-0.3, -0.25) is 4.98 Å². The Kier molecular flexibility index (Phi) is 3.11. The van der Waals surface area contributed by atoms with E-state index in [1.54, 1.807) is 0 Å². The van der Waals surface area contributed by atoms with E-state index in [0.29, 0.717) is 12.0 Å². The van der Waals surface area contributed by atoms with E-state index < -0.39 is 0 Å². The van der Waals surface area contributed by atoms with E-state index in [1.165, 1.54) is 12.8 Å². The van der Waals surface area contributed by atoms with Crippen LogP contribution in [0.3, 0.4) is 0 Å². The SMILES string of the molecule is CC(C)c1nnc(C(C)(C)c2ccccn2)n1C1CC1. The highest BCUT2D eigenvalue weighted by molar-refractivity contribution is 5.26. The Morgan fingerprint density at radius 3 is 2.50 bits per heavy atom. The van der Waals surface area contributed by atoms with E-state index in [9.17, 15) is 0 Å². The molecule has 0 atom stereocenters. The number of rotatable bonds is 4. The van der Waals surface area contributed by atoms with E-state index in [2.05, 4.69) is 53.5 Å². The molecule has 4 nitrogen and oxygen atoms in total. The monoisotopic (exact) mass is 270 g/mol. The first-order valence-corrected chi connectivity index (χ1v) is 7.38. The Balaban J connectivity index is 2.10. The predicted molar refractivity (Wildman–Crippen MR) is 78.7 cm³/mol. The number of aromatic nitrogens is 4. The molecule has 0 N–H and O–H groups in total. The van der Waals surface area contributed by atoms with Crippen LogP contribution >= 0.6 is 0 Å². The van der Waals surface area contributed by atoms with Gasteiger partial charge in [-0.2, -0.15) is 0 Å². The Bertz CT molecular complexity index is 594. The molecule has 1 saturated carbocycles. The van der Waals surface area contributed by atoms with Crippen LogP contribution in [0.4, 0.5) is 0 Å². The van der Waals surface area contributed by atoms with E-state index in [0.717, 1.165) is 17.3 Å². The van der Waals surface area contributed by atoms with Crippen molar-refractivity contribution >= 4 is 0 Å². The van der Waals surface area contributed by atoms with Gasteiger partial charge in [0.1, 0.15) is 11.6 Å². The van der Waals surface area contributed by atoms with Crippen molar-refractivity contribution in [3.8, 4) is 0 Å². The maximum absolute atomic E-state index is 4.52. The van der Waals surface area contributed by atoms with Crippen LogP contribution in [0.25, 0.3) is 0 Å². The van der Waals surface area contributed by atoms with Gasteiger partial charge in [-0.05, 0) is 38.8 Å². The Morgan fingerprint density at radius 1 is 1.20 bits per heavy atom. The summed E-state index contributed by atoms with van der Waals surface area (Å²) in [5.41, 5.74) is 0.828. The van der Waals surface area contributed by atoms with Crippen molar-refractivity contribution in [1.29, 1.82) is 0 Å². The average Bonchev–Trinajstić information content (AvgIpc) is 3.17. The summed E-state index contributed by atoms with van der Waals surface area (Å²) >= 11 is 0. The lowest BCUT2D eigenvalue weighted by Crippen LogP contribution is -2.26. The molecular formula is C16H22N4. The van der Waals surface area contributed by atoms with Crippen LogP contribution in [0.1, 0.15) is 69.8 Å². The van der Waals surface area contributed by atoms with Crippen molar-refractivity contribution in [2.45, 2.75) is 57.9 Å². The zero-order valence-corrected chi connectivity index (χ0v) is 12.7. The molecule has 0 saturated heterocycles. The highest BCUT2D eigenvalue weighted by Crippen LogP contribution is 2.41. The first-order chi connectivity index (χ1) is 9.51. The average molecular weight is 270 g/mol. The molecule has 2 aromatic rings. The van der Waals surface area contributed by atoms with E-state index in [-0.39, 0.29) is 5.41 Å². The molecule has 1 aliphatic rings. The summed E-state index contributed by atoms with van der Waals surface area (Å²) in [5.74, 6) is 2.55. The molecule has 0 aromatic carbocycles. The second-order valence-corrected chi connectivity index (χ2v) is 6.48. The van der Waals surface area contributed by atoms with Crippen LogP contribution in [0, 0.1) is 0 Å². The van der Waals surface area contributed by atoms with Crippen LogP contribution in [0.15, 0.2) is 24.4 Å². The van der Waals surface area contributed by atoms with Gasteiger partial charge >= 0.3 is 0 Å². The third-order valence-corrected chi connectivity index (χ3v) is 4.01. The summed E-state index contributed by atoms with van der Waals surface area (Å²) < 4.78 is 2.36. The molecule has 2 aromatic heterocycles. The minimum absolute atomic E-state index is 0.218. The molecule has 0 amide bonds. The lowest BCUT2D eigenvalue weighted by molar-refractivity contribution is 0.509. The minimum atomic E-state index is -0.218. The summed E-state index contributed by atoms with van der Waals surface area (Å²) in [4.78, 5) is 4.52. The van der Waals surface area contributed by atoms with Gasteiger partial charge in [0, 0.05) is 18.2 Å². The number of pyridine rings is 1. The maximum atomic E-state index is 4.52. The molecule has 0 spiro atoms. The molecule has 0 unspecified atom stereocenters. The standard InChI is InChI=1S/C16H22N4/c1-11(2)14-18-19-15(20(14)12-8-9-12)16(3,4)13-7-5-6-10-17-13/h5-7,10-12H,8-9H2,1-4H3. The fourth-order valence-electron chi connectivity index (χ4n) is 2.66. The maximum Gasteiger partial charge on any atom is 0.145 e. The molecule has 4 heteroatoms. The summed E-state index contributed by atoms with van der Waals surface area (Å²) in [5, 5.41) is 8.97. The van der Waals surface area contributed by atoms with Crippen molar-refractivity contribution in [1.82, 2.24) is 19.7 Å². The lowest BCUT2D eigenvalue weighted by atomic mass is 9.87. The van der Waals surface area contributed by atoms with Crippen molar-refractivity contribution in [2.24, 2.45) is 0 Å². The third-order valence-electron chi connectivity index (χ3n) is 4.01. The zero-order chi connectivity index (χ0) is 14.3. The molecular weight excluding hydrogens is 248 g/mol. The molecule has 3 rings (SSSR count). The lowest BCUT2D eigenvalue weighted by Gasteiger charge is -2.24. The van der Waals surface area contributed by atoms with E-state index in [1.807, 2.05) is 18.3 Å². The van der Waals surface area contributed by atoms with E-state index in [4.69, 9.17) is 0 Å². The molecule has 2 heterocycles. The smallest absolute Gasteiger partial charge is 0.145 e. The Hall–Kier alpha value is -1.71. The quantitative estimate of drug-likeness (QED) is 0.854. The second-order valence-electron chi connectivity index (χ2n) is 6.48. The molecule has 106 valence electrons. The van der Waals surface area contributed by atoms with Gasteiger partial charge in [-0.25, -0.2) is 0 Å². The summed E-state index contributed by atoms with van der Waals surface area (Å²) in [6.45, 7) is 8.73. The fourth-order valence-corrected chi connectivity index (χ4v) is 2.66. The van der Waals surface area contributed by atoms with Crippen molar-refractivity contribution in [2.75, 3.05) is 0 Å². The predicted octanol–water partition coefficient (Wildman–Crippen LogP) is 3.46. The van der Waals surface area contributed by atoms with Gasteiger partial charge in [-0.15, -0.1) is 10.2 Å². The summed E-state index contributed by atoms with van der Waals surface area (Å²) in [6.07, 6.45) is 4.32. The van der Waals surface area contributed by atoms with Gasteiger partial charge in [-0.1, -0.05) is 19.9 Å². The van der Waals surface area contributed by atoms with Gasteiger partial charge < -0.3 is 4.57 Å². The number of hydrogen-bond acceptors (Lipinski definition) is 3. The minimum Gasteiger partial charge on any atom is -0.311 e. The third kappa shape index (κ3) is 2.13. The van der Waals surface area contributed by atoms with Crippen LogP contribution in [0.5, 0.6) is 0 Å². The van der Waals surface area contributed by atoms with Crippen LogP contribution in [0.2, 0.25) is 0 Å². The Morgan fingerprint density at radius 2 is 1.95 bits per heavy atom. The van der Waals surface area contributed by atoms with Gasteiger partial charge in [0.25, 0.3) is 0 Å². The molecule has 0 bridgehead atoms. The molecule has 0 radical (unpaired) electrons. The van der Waals surface area contributed by atoms with Gasteiger partial charge in [0.15, 0.2) is 0 Å². The van der Waals surface area contributed by atoms with Crippen LogP contribution in [-0.2, 0) is 5.41 Å². The first kappa shape index (κ1) is 13.3. The van der Waals surface area contributed by atoms with Crippen LogP contribution < -0.4 is 0 Å². The van der Waals surface area contributed by atoms with Crippen molar-refractivity contribution < 1.29 is 0 Å². The number of nitrogens with zero attached hydrogens (tertiary/aromatic N) is 4. The second kappa shape index (κ2) is 4.69. The first-order valence-electron chi connectivity index (χ1n) is 7.38. The van der Waals surface area contributed by atoms with Crippen molar-refractivity contribution in [3.05, 3.63) is 41.7 Å². The molecule has 1 aliphatic carbocycles. The van der Waals surface area contributed by atoms with Crippen molar-refractivity contribution in [3.63, 3.8) is 0 Å². The van der Waals surface area contributed by atoms with Crippen LogP contribution in [-0.4, -0.2) is 19.7 Å². The largest absolute Gasteiger partial charge is 0.311 e. The highest BCUT2D eigenvalue weighted by atomic mass is 15.3. The summed E-state index contributed by atoms with van der Waals surface area (Å²) in [6, 6.07) is 6.64. The fraction of sp³-hybridized carbons (Fsp3) is 0.562. The molecule has 1 fully saturated rings. The van der Waals surface area contributed by atoms with E-state index >= 15 is 0 Å². The molecule has 20 heavy (non-hydrogen) atoms. The molecule has 0 aliphatic heterocycles. The van der Waals surface area contributed by atoms with Gasteiger partial charge in [0.2, 0.25) is 0 Å². The zero-order valence-electron chi connectivity index (χ0n) is 12.7. The van der Waals surface area contributed by atoms with Gasteiger partial charge in [0.05, 0.1) is 11.1 Å². The summed E-state index contributed by atoms with van der Waals surface area (Å²) in [7, 11) is 0. The normalized spacial score (nSPS) is 15.8. The number of hydrogen-bond donors (Lipinski definition) is 0. The topological polar surface area (TPSA) is 43.6 Å². The Labute approximate surface area is 120 Å². The highest BCUT2D eigenvalue weighted by Gasteiger charge is 2.37.